The first-order valence-electron chi connectivity index (χ1n) is 8.63. The minimum absolute atomic E-state index is 0.116. The van der Waals surface area contributed by atoms with Gasteiger partial charge in [0.05, 0.1) is 13.7 Å². The maximum absolute atomic E-state index is 12.5. The molecule has 0 aliphatic rings. The number of halogens is 3. The lowest BCUT2D eigenvalue weighted by Gasteiger charge is -2.21. The van der Waals surface area contributed by atoms with Crippen molar-refractivity contribution < 1.29 is 32.6 Å². The molecular weight excluding hydrogens is 408 g/mol. The van der Waals surface area contributed by atoms with Gasteiger partial charge < -0.3 is 19.5 Å². The van der Waals surface area contributed by atoms with Crippen LogP contribution in [0.5, 0.6) is 5.75 Å². The maximum atomic E-state index is 12.5. The van der Waals surface area contributed by atoms with Crippen LogP contribution in [-0.4, -0.2) is 45.7 Å². The smallest absolute Gasteiger partial charge is 0.406 e. The number of hydrogen-bond donors (Lipinski definition) is 1. The van der Waals surface area contributed by atoms with Crippen LogP contribution in [0.3, 0.4) is 0 Å². The number of carbonyl (C=O) groups excluding carboxylic acids is 2. The number of ether oxygens (including phenoxy) is 3. The third-order valence-corrected chi connectivity index (χ3v) is 3.99. The normalized spacial score (nSPS) is 11.8. The zero-order valence-corrected chi connectivity index (χ0v) is 16.3. The number of alkyl halides is 2. The number of rotatable bonds is 10. The molecule has 0 aliphatic carbocycles. The highest BCUT2D eigenvalue weighted by molar-refractivity contribution is 6.30. The highest BCUT2D eigenvalue weighted by Crippen LogP contribution is 2.31. The predicted molar refractivity (Wildman–Crippen MR) is 103 cm³/mol. The van der Waals surface area contributed by atoms with Gasteiger partial charge in [0.25, 0.3) is 6.43 Å². The molecule has 2 aromatic carbocycles. The van der Waals surface area contributed by atoms with Crippen LogP contribution in [0.1, 0.15) is 27.6 Å². The van der Waals surface area contributed by atoms with Gasteiger partial charge in [-0.2, -0.15) is 0 Å². The van der Waals surface area contributed by atoms with E-state index in [1.807, 2.05) is 0 Å². The Labute approximate surface area is 171 Å². The summed E-state index contributed by atoms with van der Waals surface area (Å²) in [4.78, 5) is 22.5. The largest absolute Gasteiger partial charge is 0.488 e. The van der Waals surface area contributed by atoms with Gasteiger partial charge in [-0.3, -0.25) is 4.79 Å². The Bertz CT molecular complexity index is 834. The molecule has 2 rings (SSSR count). The Morgan fingerprint density at radius 2 is 2.00 bits per heavy atom. The van der Waals surface area contributed by atoms with Crippen LogP contribution in [0, 0.1) is 0 Å². The number of benzene rings is 2. The average molecular weight is 428 g/mol. The van der Waals surface area contributed by atoms with Gasteiger partial charge in [0.2, 0.25) is 0 Å². The number of nitrogens with one attached hydrogen (secondary N) is 1. The molecule has 9 heteroatoms. The second kappa shape index (κ2) is 11.3. The number of hydrogen-bond acceptors (Lipinski definition) is 5. The van der Waals surface area contributed by atoms with Gasteiger partial charge in [-0.15, -0.1) is 0 Å². The Kier molecular flexibility index (Phi) is 8.82. The fraction of sp³-hybridized carbons (Fsp3) is 0.300. The van der Waals surface area contributed by atoms with E-state index in [1.54, 1.807) is 30.3 Å². The molecule has 1 amide bonds. The number of carbonyl (C=O) groups is 2. The molecule has 29 heavy (non-hydrogen) atoms. The molecule has 156 valence electrons. The zero-order valence-electron chi connectivity index (χ0n) is 15.6. The minimum Gasteiger partial charge on any atom is -0.488 e. The monoisotopic (exact) mass is 427 g/mol. The third kappa shape index (κ3) is 7.32. The van der Waals surface area contributed by atoms with Crippen molar-refractivity contribution in [2.75, 3.05) is 26.9 Å². The number of alkyl carbamates (subject to hydrolysis) is 1. The van der Waals surface area contributed by atoms with E-state index in [4.69, 9.17) is 21.1 Å². The molecule has 1 atom stereocenters. The second-order valence-corrected chi connectivity index (χ2v) is 6.32. The van der Waals surface area contributed by atoms with Crippen LogP contribution in [0.15, 0.2) is 42.5 Å². The van der Waals surface area contributed by atoms with E-state index in [-0.39, 0.29) is 24.5 Å². The molecule has 0 saturated carbocycles. The van der Waals surface area contributed by atoms with Crippen molar-refractivity contribution in [1.29, 1.82) is 0 Å². The molecule has 0 heterocycles. The molecule has 0 saturated heterocycles. The van der Waals surface area contributed by atoms with Crippen LogP contribution < -0.4 is 10.1 Å². The van der Waals surface area contributed by atoms with Gasteiger partial charge in [0.15, 0.2) is 0 Å². The van der Waals surface area contributed by atoms with Gasteiger partial charge in [0, 0.05) is 17.1 Å². The van der Waals surface area contributed by atoms with Crippen molar-refractivity contribution in [3.05, 3.63) is 64.2 Å². The van der Waals surface area contributed by atoms with Crippen molar-refractivity contribution in [1.82, 2.24) is 5.32 Å². The Morgan fingerprint density at radius 1 is 1.21 bits per heavy atom. The summed E-state index contributed by atoms with van der Waals surface area (Å²) >= 11 is 6.08. The van der Waals surface area contributed by atoms with Crippen LogP contribution in [0.25, 0.3) is 0 Å². The first-order chi connectivity index (χ1) is 13.9. The Hall–Kier alpha value is -2.71. The van der Waals surface area contributed by atoms with Crippen molar-refractivity contribution in [3.8, 4) is 5.75 Å². The standard InChI is InChI=1S/C20H20ClF2NO5/c1-27-20(26)24-5-6-28-19(14-3-2-4-16(21)9-14)15-7-13(11-25)8-17(10-15)29-12-18(22)23/h2-4,7-11,18-19H,5-6,12H2,1H3,(H,24,26). The van der Waals surface area contributed by atoms with E-state index in [1.165, 1.54) is 19.2 Å². The lowest BCUT2D eigenvalue weighted by atomic mass is 9.99. The van der Waals surface area contributed by atoms with E-state index in [0.717, 1.165) is 0 Å². The first kappa shape index (κ1) is 22.6. The van der Waals surface area contributed by atoms with Gasteiger partial charge in [0.1, 0.15) is 24.7 Å². The van der Waals surface area contributed by atoms with Crippen LogP contribution >= 0.6 is 11.6 Å². The molecule has 0 fully saturated rings. The molecule has 1 N–H and O–H groups in total. The summed E-state index contributed by atoms with van der Waals surface area (Å²) in [6.45, 7) is -0.510. The van der Waals surface area contributed by atoms with Crippen molar-refractivity contribution in [2.45, 2.75) is 12.5 Å². The van der Waals surface area contributed by atoms with Crippen LogP contribution in [0.4, 0.5) is 13.6 Å². The number of amides is 1. The Morgan fingerprint density at radius 3 is 2.66 bits per heavy atom. The molecule has 0 spiro atoms. The molecule has 0 bridgehead atoms. The predicted octanol–water partition coefficient (Wildman–Crippen LogP) is 4.26. The van der Waals surface area contributed by atoms with Gasteiger partial charge in [-0.25, -0.2) is 13.6 Å². The molecule has 2 aromatic rings. The zero-order chi connectivity index (χ0) is 21.2. The molecule has 0 radical (unpaired) electrons. The highest BCUT2D eigenvalue weighted by atomic mass is 35.5. The van der Waals surface area contributed by atoms with Crippen molar-refractivity contribution >= 4 is 24.0 Å². The highest BCUT2D eigenvalue weighted by Gasteiger charge is 2.18. The van der Waals surface area contributed by atoms with Gasteiger partial charge in [-0.1, -0.05) is 23.7 Å². The average Bonchev–Trinajstić information content (AvgIpc) is 2.71. The lowest BCUT2D eigenvalue weighted by Crippen LogP contribution is -2.27. The fourth-order valence-corrected chi connectivity index (χ4v) is 2.76. The maximum Gasteiger partial charge on any atom is 0.406 e. The molecular formula is C20H20ClF2NO5. The second-order valence-electron chi connectivity index (χ2n) is 5.88. The summed E-state index contributed by atoms with van der Waals surface area (Å²) in [6.07, 6.45) is -3.34. The molecule has 6 nitrogen and oxygen atoms in total. The summed E-state index contributed by atoms with van der Waals surface area (Å²) in [6, 6.07) is 11.4. The SMILES string of the molecule is COC(=O)NCCOC(c1cccc(Cl)c1)c1cc(C=O)cc(OCC(F)F)c1. The van der Waals surface area contributed by atoms with Crippen molar-refractivity contribution in [3.63, 3.8) is 0 Å². The summed E-state index contributed by atoms with van der Waals surface area (Å²) in [5.74, 6) is 0.119. The number of aldehydes is 1. The third-order valence-electron chi connectivity index (χ3n) is 3.76. The van der Waals surface area contributed by atoms with E-state index < -0.39 is 25.2 Å². The number of methoxy groups -OCH3 is 1. The lowest BCUT2D eigenvalue weighted by molar-refractivity contribution is 0.0772. The fourth-order valence-electron chi connectivity index (χ4n) is 2.56. The van der Waals surface area contributed by atoms with Gasteiger partial charge >= 0.3 is 6.09 Å². The van der Waals surface area contributed by atoms with Gasteiger partial charge in [-0.05, 0) is 41.5 Å². The Balaban J connectivity index is 2.30. The summed E-state index contributed by atoms with van der Waals surface area (Å²) < 4.78 is 40.4. The molecule has 1 unspecified atom stereocenters. The molecule has 0 aliphatic heterocycles. The minimum atomic E-state index is -2.65. The topological polar surface area (TPSA) is 73.9 Å². The quantitative estimate of drug-likeness (QED) is 0.453. The van der Waals surface area contributed by atoms with Crippen molar-refractivity contribution in [2.24, 2.45) is 0 Å². The van der Waals surface area contributed by atoms with E-state index in [0.29, 0.717) is 22.4 Å². The van der Waals surface area contributed by atoms with Crippen LogP contribution in [-0.2, 0) is 9.47 Å². The van der Waals surface area contributed by atoms with E-state index >= 15 is 0 Å². The van der Waals surface area contributed by atoms with Crippen LogP contribution in [0.2, 0.25) is 5.02 Å². The van der Waals surface area contributed by atoms with E-state index in [9.17, 15) is 18.4 Å². The van der Waals surface area contributed by atoms with E-state index in [2.05, 4.69) is 10.1 Å². The summed E-state index contributed by atoms with van der Waals surface area (Å²) in [5, 5.41) is 2.97. The molecule has 0 aromatic heterocycles. The summed E-state index contributed by atoms with van der Waals surface area (Å²) in [5.41, 5.74) is 1.44. The summed E-state index contributed by atoms with van der Waals surface area (Å²) in [7, 11) is 1.25. The first-order valence-corrected chi connectivity index (χ1v) is 9.00.